The minimum absolute atomic E-state index is 0.0355. The summed E-state index contributed by atoms with van der Waals surface area (Å²) in [5, 5.41) is 5.19. The Hall–Kier alpha value is -2.05. The molecule has 1 aliphatic heterocycles. The average Bonchev–Trinajstić information content (AvgIpc) is 2.57. The van der Waals surface area contributed by atoms with Gasteiger partial charge in [-0.3, -0.25) is 0 Å². The lowest BCUT2D eigenvalue weighted by Gasteiger charge is -2.43. The predicted molar refractivity (Wildman–Crippen MR) is 95.7 cm³/mol. The maximum Gasteiger partial charge on any atom is 0.351 e. The van der Waals surface area contributed by atoms with E-state index in [0.717, 1.165) is 11.1 Å². The van der Waals surface area contributed by atoms with Crippen LogP contribution in [0.5, 0.6) is 5.75 Å². The quantitative estimate of drug-likeness (QED) is 0.647. The van der Waals surface area contributed by atoms with Crippen LogP contribution in [0.3, 0.4) is 0 Å². The van der Waals surface area contributed by atoms with Gasteiger partial charge in [0.25, 0.3) is 0 Å². The van der Waals surface area contributed by atoms with E-state index in [1.807, 2.05) is 19.9 Å². The summed E-state index contributed by atoms with van der Waals surface area (Å²) in [4.78, 5) is 11.9. The van der Waals surface area contributed by atoms with Crippen LogP contribution in [0.1, 0.15) is 48.2 Å². The van der Waals surface area contributed by atoms with E-state index < -0.39 is 11.6 Å². The number of fused-ring (bicyclic) bond motifs is 1. The van der Waals surface area contributed by atoms with Crippen LogP contribution in [0.4, 0.5) is 4.39 Å². The lowest BCUT2D eigenvalue weighted by molar-refractivity contribution is 0.0257. The van der Waals surface area contributed by atoms with Crippen molar-refractivity contribution in [3.05, 3.63) is 65.0 Å². The van der Waals surface area contributed by atoms with Crippen molar-refractivity contribution in [1.29, 1.82) is 0 Å². The number of halogens is 1. The Bertz CT molecular complexity index is 792. The molecule has 0 aromatic heterocycles. The van der Waals surface area contributed by atoms with Crippen molar-refractivity contribution in [2.75, 3.05) is 0 Å². The van der Waals surface area contributed by atoms with Crippen LogP contribution < -0.4 is 9.88 Å². The Labute approximate surface area is 150 Å². The first kappa shape index (κ1) is 17.8. The summed E-state index contributed by atoms with van der Waals surface area (Å²) in [6.07, 6.45) is 0. The van der Waals surface area contributed by atoms with E-state index in [4.69, 9.17) is 14.1 Å². The highest BCUT2D eigenvalue weighted by molar-refractivity contribution is 7.92. The van der Waals surface area contributed by atoms with E-state index >= 15 is 0 Å². The molecular formula is C19H20FNO3S. The Balaban J connectivity index is 2.08. The number of hydrogen-bond donors (Lipinski definition) is 1. The van der Waals surface area contributed by atoms with Gasteiger partial charge >= 0.3 is 5.97 Å². The van der Waals surface area contributed by atoms with Gasteiger partial charge in [0.05, 0.1) is 5.56 Å². The smallest absolute Gasteiger partial charge is 0.351 e. The number of nitrogens with two attached hydrogens (primary N) is 1. The maximum atomic E-state index is 13.3. The van der Waals surface area contributed by atoms with Crippen LogP contribution in [0.25, 0.3) is 0 Å². The molecule has 2 aromatic rings. The van der Waals surface area contributed by atoms with Crippen molar-refractivity contribution in [1.82, 2.24) is 0 Å². The van der Waals surface area contributed by atoms with E-state index in [9.17, 15) is 9.18 Å². The molecule has 2 atom stereocenters. The summed E-state index contributed by atoms with van der Waals surface area (Å²) < 4.78 is 24.3. The number of ether oxygens (including phenoxy) is 1. The zero-order valence-corrected chi connectivity index (χ0v) is 15.1. The Morgan fingerprint density at radius 1 is 1.24 bits per heavy atom. The number of carbonyl (C=O) groups is 1. The van der Waals surface area contributed by atoms with Crippen molar-refractivity contribution in [3.63, 3.8) is 0 Å². The van der Waals surface area contributed by atoms with Crippen LogP contribution in [-0.4, -0.2) is 11.6 Å². The summed E-state index contributed by atoms with van der Waals surface area (Å²) in [6, 6.07) is 11.8. The van der Waals surface area contributed by atoms with Crippen LogP contribution in [0.2, 0.25) is 0 Å². The minimum Gasteiger partial charge on any atom is -0.487 e. The zero-order valence-electron chi connectivity index (χ0n) is 14.3. The molecular weight excluding hydrogens is 341 g/mol. The molecule has 0 aliphatic carbocycles. The normalized spacial score (nSPS) is 21.2. The molecule has 2 N–H and O–H groups in total. The molecule has 4 nitrogen and oxygen atoms in total. The van der Waals surface area contributed by atoms with E-state index in [-0.39, 0.29) is 17.7 Å². The van der Waals surface area contributed by atoms with Gasteiger partial charge in [-0.2, -0.15) is 0 Å². The summed E-state index contributed by atoms with van der Waals surface area (Å²) in [5.74, 6) is 0.0408. The van der Waals surface area contributed by atoms with Crippen molar-refractivity contribution in [3.8, 4) is 5.75 Å². The van der Waals surface area contributed by atoms with E-state index in [1.54, 1.807) is 24.3 Å². The van der Waals surface area contributed by atoms with Gasteiger partial charge in [-0.15, -0.1) is 0 Å². The molecule has 0 bridgehead atoms. The topological polar surface area (TPSA) is 61.5 Å². The van der Waals surface area contributed by atoms with Gasteiger partial charge in [-0.25, -0.2) is 14.3 Å². The van der Waals surface area contributed by atoms with Gasteiger partial charge in [0, 0.05) is 17.4 Å². The average molecular weight is 361 g/mol. The second kappa shape index (κ2) is 6.69. The molecule has 0 spiro atoms. The number of carbonyl (C=O) groups excluding carboxylic acids is 1. The first-order chi connectivity index (χ1) is 11.8. The predicted octanol–water partition coefficient (Wildman–Crippen LogP) is 4.44. The van der Waals surface area contributed by atoms with Crippen molar-refractivity contribution in [2.24, 2.45) is 11.1 Å². The Morgan fingerprint density at radius 2 is 1.92 bits per heavy atom. The maximum absolute atomic E-state index is 13.3. The standard InChI is InChI=1S/C19H20FNO3S/c1-11-17(12-4-7-14(20)8-5-12)15-9-6-13(18(22)24-25-21)10-16(15)23-19(11,2)3/h4-11,17H,21H2,1-3H3/t11-,17?/m1/s1. The Morgan fingerprint density at radius 3 is 2.56 bits per heavy atom. The van der Waals surface area contributed by atoms with Crippen LogP contribution in [0, 0.1) is 11.7 Å². The van der Waals surface area contributed by atoms with Gasteiger partial charge in [-0.1, -0.05) is 25.1 Å². The van der Waals surface area contributed by atoms with Crippen LogP contribution in [-0.2, 0) is 4.18 Å². The van der Waals surface area contributed by atoms with Crippen molar-refractivity contribution >= 4 is 18.2 Å². The molecule has 132 valence electrons. The molecule has 0 saturated heterocycles. The van der Waals surface area contributed by atoms with Crippen molar-refractivity contribution in [2.45, 2.75) is 32.3 Å². The van der Waals surface area contributed by atoms with Gasteiger partial charge < -0.3 is 8.92 Å². The summed E-state index contributed by atoms with van der Waals surface area (Å²) in [7, 11) is 0. The molecule has 1 unspecified atom stereocenters. The fourth-order valence-electron chi connectivity index (χ4n) is 3.28. The zero-order chi connectivity index (χ0) is 18.2. The third-order valence-electron chi connectivity index (χ3n) is 4.91. The molecule has 2 aromatic carbocycles. The largest absolute Gasteiger partial charge is 0.487 e. The molecule has 3 rings (SSSR count). The highest BCUT2D eigenvalue weighted by Gasteiger charge is 2.41. The van der Waals surface area contributed by atoms with Gasteiger partial charge in [-0.05, 0) is 43.7 Å². The van der Waals surface area contributed by atoms with Gasteiger partial charge in [0.15, 0.2) is 0 Å². The second-order valence-electron chi connectivity index (χ2n) is 6.74. The van der Waals surface area contributed by atoms with E-state index in [1.165, 1.54) is 12.1 Å². The number of rotatable bonds is 3. The van der Waals surface area contributed by atoms with E-state index in [0.29, 0.717) is 23.5 Å². The molecule has 25 heavy (non-hydrogen) atoms. The van der Waals surface area contributed by atoms with Gasteiger partial charge in [0.1, 0.15) is 29.4 Å². The number of benzene rings is 2. The Kier molecular flexibility index (Phi) is 4.75. The molecule has 0 amide bonds. The van der Waals surface area contributed by atoms with E-state index in [2.05, 4.69) is 6.92 Å². The minimum atomic E-state index is -0.520. The molecule has 0 saturated carbocycles. The lowest BCUT2D eigenvalue weighted by Crippen LogP contribution is -2.43. The van der Waals surface area contributed by atoms with Crippen LogP contribution in [0.15, 0.2) is 42.5 Å². The molecule has 0 radical (unpaired) electrons. The summed E-state index contributed by atoms with van der Waals surface area (Å²) in [6.45, 7) is 6.14. The summed E-state index contributed by atoms with van der Waals surface area (Å²) in [5.41, 5.74) is 1.91. The SMILES string of the molecule is C[C@@H]1C(c2ccc(F)cc2)c2ccc(C(=O)OSN)cc2OC1(C)C. The van der Waals surface area contributed by atoms with Crippen LogP contribution >= 0.6 is 12.2 Å². The first-order valence-electron chi connectivity index (χ1n) is 7.99. The van der Waals surface area contributed by atoms with Gasteiger partial charge in [0.2, 0.25) is 0 Å². The lowest BCUT2D eigenvalue weighted by atomic mass is 9.72. The third-order valence-corrected chi connectivity index (χ3v) is 5.15. The molecule has 1 aliphatic rings. The second-order valence-corrected chi connectivity index (χ2v) is 7.10. The summed E-state index contributed by atoms with van der Waals surface area (Å²) >= 11 is 0.515. The molecule has 1 heterocycles. The monoisotopic (exact) mass is 361 g/mol. The molecule has 0 fully saturated rings. The fourth-order valence-corrected chi connectivity index (χ4v) is 3.47. The first-order valence-corrected chi connectivity index (χ1v) is 8.80. The highest BCUT2D eigenvalue weighted by Crippen LogP contribution is 2.48. The third kappa shape index (κ3) is 3.37. The fraction of sp³-hybridized carbons (Fsp3) is 0.316. The molecule has 6 heteroatoms. The number of hydrogen-bond acceptors (Lipinski definition) is 5. The van der Waals surface area contributed by atoms with Crippen molar-refractivity contribution < 1.29 is 18.1 Å². The highest BCUT2D eigenvalue weighted by atomic mass is 32.2.